The minimum absolute atomic E-state index is 0.287. The van der Waals surface area contributed by atoms with Crippen LogP contribution in [0, 0.1) is 18.8 Å². The maximum atomic E-state index is 11.3. The van der Waals surface area contributed by atoms with Gasteiger partial charge >= 0.3 is 0 Å². The van der Waals surface area contributed by atoms with Crippen LogP contribution in [0.4, 0.5) is 0 Å². The summed E-state index contributed by atoms with van der Waals surface area (Å²) in [7, 11) is 0. The van der Waals surface area contributed by atoms with E-state index >= 15 is 0 Å². The number of allylic oxidation sites excluding steroid dienone is 1. The number of unbranched alkanes of at least 4 members (excludes halogenated alkanes) is 6. The molecule has 1 saturated carbocycles. The molecule has 1 unspecified atom stereocenters. The topological polar surface area (TPSA) is 55.1 Å². The molecule has 0 radical (unpaired) electrons. The van der Waals surface area contributed by atoms with Crippen LogP contribution in [0.1, 0.15) is 133 Å². The number of carbonyl (C=O) groups is 1. The van der Waals surface area contributed by atoms with Crippen molar-refractivity contribution in [1.29, 1.82) is 0 Å². The monoisotopic (exact) mass is 562 g/mol. The zero-order chi connectivity index (χ0) is 29.9. The molecule has 1 heterocycles. The number of benzene rings is 1. The average Bonchev–Trinajstić information content (AvgIpc) is 3.34. The van der Waals surface area contributed by atoms with Crippen molar-refractivity contribution < 1.29 is 9.21 Å². The number of aromatic nitrogens is 1. The second-order valence-corrected chi connectivity index (χ2v) is 12.1. The van der Waals surface area contributed by atoms with Gasteiger partial charge in [0.1, 0.15) is 17.7 Å². The van der Waals surface area contributed by atoms with Gasteiger partial charge in [-0.15, -0.1) is 6.58 Å². The van der Waals surface area contributed by atoms with Crippen molar-refractivity contribution in [2.45, 2.75) is 130 Å². The third kappa shape index (κ3) is 14.2. The Hall–Kier alpha value is -2.62. The molecule has 3 rings (SSSR count). The molecule has 0 amide bonds. The van der Waals surface area contributed by atoms with Crippen LogP contribution in [0.25, 0.3) is 5.70 Å². The van der Waals surface area contributed by atoms with Gasteiger partial charge < -0.3 is 14.5 Å². The number of nitrogens with zero attached hydrogens (tertiary/aromatic N) is 1. The van der Waals surface area contributed by atoms with Crippen LogP contribution in [0.5, 0.6) is 0 Å². The van der Waals surface area contributed by atoms with Gasteiger partial charge in [0.05, 0.1) is 5.70 Å². The summed E-state index contributed by atoms with van der Waals surface area (Å²) in [4.78, 5) is 15.6. The molecule has 2 aromatic rings. The lowest BCUT2D eigenvalue weighted by Crippen LogP contribution is -2.13. The first-order chi connectivity index (χ1) is 19.9. The number of ketones is 1. The Bertz CT molecular complexity index is 1040. The van der Waals surface area contributed by atoms with Crippen LogP contribution in [0.15, 0.2) is 48.1 Å². The molecule has 0 spiro atoms. The number of oxazole rings is 1. The first kappa shape index (κ1) is 34.6. The summed E-state index contributed by atoms with van der Waals surface area (Å²) in [6, 6.07) is 6.75. The molecule has 1 aliphatic rings. The third-order valence-electron chi connectivity index (χ3n) is 8.37. The lowest BCUT2D eigenvalue weighted by Gasteiger charge is -2.17. The lowest BCUT2D eigenvalue weighted by molar-refractivity contribution is -0.116. The summed E-state index contributed by atoms with van der Waals surface area (Å²) < 4.78 is 5.31. The van der Waals surface area contributed by atoms with Crippen molar-refractivity contribution in [1.82, 2.24) is 10.3 Å². The Kier molecular flexibility index (Phi) is 17.1. The molecule has 41 heavy (non-hydrogen) atoms. The number of carbonyl (C=O) groups excluding carboxylic acids is 1. The van der Waals surface area contributed by atoms with E-state index in [1.54, 1.807) is 13.2 Å². The van der Waals surface area contributed by atoms with E-state index in [9.17, 15) is 4.79 Å². The van der Waals surface area contributed by atoms with Gasteiger partial charge in [-0.25, -0.2) is 4.98 Å². The summed E-state index contributed by atoms with van der Waals surface area (Å²) >= 11 is 0. The number of hydrogen-bond donors (Lipinski definition) is 1. The highest BCUT2D eigenvalue weighted by Crippen LogP contribution is 2.31. The normalized spacial score (nSPS) is 16.8. The molecular weight excluding hydrogens is 504 g/mol. The second-order valence-electron chi connectivity index (χ2n) is 12.1. The van der Waals surface area contributed by atoms with Crippen molar-refractivity contribution in [2.75, 3.05) is 6.54 Å². The Labute approximate surface area is 251 Å². The van der Waals surface area contributed by atoms with Gasteiger partial charge in [-0.2, -0.15) is 0 Å². The molecule has 4 heteroatoms. The van der Waals surface area contributed by atoms with Crippen LogP contribution in [0.3, 0.4) is 0 Å². The fourth-order valence-corrected chi connectivity index (χ4v) is 5.68. The van der Waals surface area contributed by atoms with E-state index in [-0.39, 0.29) is 5.78 Å². The Morgan fingerprint density at radius 3 is 2.49 bits per heavy atom. The molecule has 1 N–H and O–H groups in total. The maximum absolute atomic E-state index is 11.3. The Morgan fingerprint density at radius 1 is 1.05 bits per heavy atom. The van der Waals surface area contributed by atoms with Crippen LogP contribution in [-0.2, 0) is 24.1 Å². The standard InChI is InChI=1S/C21H30O.C16H28N2O/c1-4-18-6-5-7-19(11-10-18)15-21-14-16(2)8-12-20(21)13-9-17(3)22;1-4-6-7-8-9-10-11-12-17-14(3)15-13-19-16(5-2)18-15/h4,8,12,14,18-19H,1,5-7,9-11,13,15H2,2-3H3;13,17H,3-12H2,1-2H3/t18?,19-;/m1./s1. The van der Waals surface area contributed by atoms with E-state index in [1.165, 1.54) is 100 Å². The molecule has 1 aromatic carbocycles. The van der Waals surface area contributed by atoms with E-state index < -0.39 is 0 Å². The van der Waals surface area contributed by atoms with Gasteiger partial charge in [0.2, 0.25) is 0 Å². The minimum atomic E-state index is 0.287. The largest absolute Gasteiger partial charge is 0.448 e. The summed E-state index contributed by atoms with van der Waals surface area (Å²) in [5.41, 5.74) is 5.89. The highest BCUT2D eigenvalue weighted by atomic mass is 16.3. The first-order valence-electron chi connectivity index (χ1n) is 16.4. The smallest absolute Gasteiger partial charge is 0.194 e. The van der Waals surface area contributed by atoms with Crippen molar-refractivity contribution in [3.63, 3.8) is 0 Å². The molecule has 0 saturated heterocycles. The zero-order valence-electron chi connectivity index (χ0n) is 26.7. The SMILES string of the molecule is C=C(NCCCCCCCCC)c1coc(CC)n1.C=CC1CCC[C@@H](Cc2cc(C)ccc2CCC(C)=O)CC1. The highest BCUT2D eigenvalue weighted by Gasteiger charge is 2.18. The minimum Gasteiger partial charge on any atom is -0.448 e. The summed E-state index contributed by atoms with van der Waals surface area (Å²) in [6.45, 7) is 17.1. The van der Waals surface area contributed by atoms with Gasteiger partial charge in [-0.05, 0) is 75.3 Å². The van der Waals surface area contributed by atoms with E-state index in [1.807, 2.05) is 6.92 Å². The molecule has 4 nitrogen and oxygen atoms in total. The third-order valence-corrected chi connectivity index (χ3v) is 8.37. The molecule has 0 aliphatic heterocycles. The molecule has 2 atom stereocenters. The van der Waals surface area contributed by atoms with Crippen LogP contribution >= 0.6 is 0 Å². The van der Waals surface area contributed by atoms with Gasteiger partial charge in [-0.3, -0.25) is 0 Å². The predicted molar refractivity (Wildman–Crippen MR) is 175 cm³/mol. The Balaban J connectivity index is 0.000000290. The van der Waals surface area contributed by atoms with E-state index in [0.29, 0.717) is 6.42 Å². The summed E-state index contributed by atoms with van der Waals surface area (Å²) in [5, 5.41) is 3.32. The van der Waals surface area contributed by atoms with Gasteiger partial charge in [0, 0.05) is 19.4 Å². The van der Waals surface area contributed by atoms with Crippen molar-refractivity contribution in [2.24, 2.45) is 11.8 Å². The van der Waals surface area contributed by atoms with Gasteiger partial charge in [-0.1, -0.05) is 102 Å². The highest BCUT2D eigenvalue weighted by molar-refractivity contribution is 5.75. The van der Waals surface area contributed by atoms with Gasteiger partial charge in [0.15, 0.2) is 5.89 Å². The molecule has 1 aliphatic carbocycles. The van der Waals surface area contributed by atoms with E-state index in [4.69, 9.17) is 4.42 Å². The molecular formula is C37H58N2O2. The molecule has 1 aromatic heterocycles. The molecule has 0 bridgehead atoms. The number of hydrogen-bond acceptors (Lipinski definition) is 4. The van der Waals surface area contributed by atoms with E-state index in [0.717, 1.165) is 48.5 Å². The number of nitrogens with one attached hydrogen (secondary N) is 1. The van der Waals surface area contributed by atoms with Gasteiger partial charge in [0.25, 0.3) is 0 Å². The van der Waals surface area contributed by atoms with Crippen molar-refractivity contribution >= 4 is 11.5 Å². The van der Waals surface area contributed by atoms with Crippen molar-refractivity contribution in [3.8, 4) is 0 Å². The zero-order valence-corrected chi connectivity index (χ0v) is 26.7. The van der Waals surface area contributed by atoms with Crippen molar-refractivity contribution in [3.05, 3.63) is 72.0 Å². The van der Waals surface area contributed by atoms with Crippen LogP contribution in [-0.4, -0.2) is 17.3 Å². The van der Waals surface area contributed by atoms with Crippen LogP contribution < -0.4 is 5.32 Å². The van der Waals surface area contributed by atoms with E-state index in [2.05, 4.69) is 61.6 Å². The fourth-order valence-electron chi connectivity index (χ4n) is 5.68. The lowest BCUT2D eigenvalue weighted by atomic mass is 9.88. The molecule has 1 fully saturated rings. The maximum Gasteiger partial charge on any atom is 0.194 e. The summed E-state index contributed by atoms with van der Waals surface area (Å²) in [5.74, 6) is 2.58. The first-order valence-corrected chi connectivity index (χ1v) is 16.4. The molecule has 228 valence electrons. The van der Waals surface area contributed by atoms with Crippen LogP contribution in [0.2, 0.25) is 0 Å². The second kappa shape index (κ2) is 20.3. The average molecular weight is 563 g/mol. The number of aryl methyl sites for hydroxylation is 3. The number of Topliss-reactive ketones (excluding diaryl/α,β-unsaturated/α-hetero) is 1. The summed E-state index contributed by atoms with van der Waals surface area (Å²) in [6.07, 6.45) is 23.3. The quantitative estimate of drug-likeness (QED) is 0.118. The predicted octanol–water partition coefficient (Wildman–Crippen LogP) is 9.99. The fraction of sp³-hybridized carbons (Fsp3) is 0.622. The number of rotatable bonds is 17. The Morgan fingerprint density at radius 2 is 1.80 bits per heavy atom.